The summed E-state index contributed by atoms with van der Waals surface area (Å²) in [5.41, 5.74) is 0.510. The first kappa shape index (κ1) is 16.7. The fourth-order valence-corrected chi connectivity index (χ4v) is 2.27. The molecule has 5 nitrogen and oxygen atoms in total. The molecule has 0 aliphatic rings. The largest absolute Gasteiger partial charge is 0.418 e. The zero-order valence-electron chi connectivity index (χ0n) is 13.2. The van der Waals surface area contributed by atoms with Gasteiger partial charge in [0.2, 0.25) is 5.95 Å². The van der Waals surface area contributed by atoms with Gasteiger partial charge in [-0.25, -0.2) is 4.98 Å². The Morgan fingerprint density at radius 3 is 2.36 bits per heavy atom. The lowest BCUT2D eigenvalue weighted by molar-refractivity contribution is -0.136. The molecule has 1 aromatic carbocycles. The number of rotatable bonds is 4. The molecule has 8 heteroatoms. The highest BCUT2D eigenvalue weighted by molar-refractivity contribution is 5.68. The molecule has 0 saturated carbocycles. The molecular formula is C17H14F3N5. The van der Waals surface area contributed by atoms with E-state index in [0.717, 1.165) is 11.6 Å². The maximum atomic E-state index is 13.1. The predicted octanol–water partition coefficient (Wildman–Crippen LogP) is 4.34. The second-order valence-corrected chi connectivity index (χ2v) is 5.12. The summed E-state index contributed by atoms with van der Waals surface area (Å²) >= 11 is 0. The van der Waals surface area contributed by atoms with Gasteiger partial charge in [-0.3, -0.25) is 4.98 Å². The molecule has 2 heterocycles. The van der Waals surface area contributed by atoms with Crippen molar-refractivity contribution in [3.8, 4) is 11.3 Å². The van der Waals surface area contributed by atoms with Crippen LogP contribution in [0.1, 0.15) is 5.56 Å². The Morgan fingerprint density at radius 2 is 1.68 bits per heavy atom. The normalized spacial score (nSPS) is 11.2. The highest BCUT2D eigenvalue weighted by atomic mass is 19.4. The highest BCUT2D eigenvalue weighted by Crippen LogP contribution is 2.36. The molecule has 0 fully saturated rings. The van der Waals surface area contributed by atoms with Crippen LogP contribution in [0.15, 0.2) is 54.9 Å². The number of halogens is 3. The monoisotopic (exact) mass is 345 g/mol. The van der Waals surface area contributed by atoms with E-state index >= 15 is 0 Å². The molecule has 0 aliphatic heterocycles. The molecule has 128 valence electrons. The zero-order valence-corrected chi connectivity index (χ0v) is 13.2. The molecular weight excluding hydrogens is 331 g/mol. The number of anilines is 3. The van der Waals surface area contributed by atoms with E-state index in [-0.39, 0.29) is 11.5 Å². The van der Waals surface area contributed by atoms with Crippen LogP contribution in [0.2, 0.25) is 0 Å². The molecule has 2 aromatic heterocycles. The van der Waals surface area contributed by atoms with Gasteiger partial charge in [0.25, 0.3) is 0 Å². The van der Waals surface area contributed by atoms with Crippen LogP contribution >= 0.6 is 0 Å². The average molecular weight is 345 g/mol. The molecule has 0 unspecified atom stereocenters. The Hall–Kier alpha value is -3.16. The first-order valence-electron chi connectivity index (χ1n) is 7.38. The van der Waals surface area contributed by atoms with Crippen molar-refractivity contribution in [2.24, 2.45) is 0 Å². The molecule has 3 rings (SSSR count). The highest BCUT2D eigenvalue weighted by Gasteiger charge is 2.33. The minimum atomic E-state index is -4.46. The molecule has 3 aromatic rings. The fourth-order valence-electron chi connectivity index (χ4n) is 2.27. The SMILES string of the molecule is CNc1nc(Nc2ccccc2C(F)(F)F)cc(-c2ccncc2)n1. The second kappa shape index (κ2) is 6.76. The zero-order chi connectivity index (χ0) is 17.9. The summed E-state index contributed by atoms with van der Waals surface area (Å²) in [5.74, 6) is 0.546. The third-order valence-electron chi connectivity index (χ3n) is 3.42. The van der Waals surface area contributed by atoms with Gasteiger partial charge in [-0.05, 0) is 24.3 Å². The summed E-state index contributed by atoms with van der Waals surface area (Å²) in [5, 5.41) is 5.55. The van der Waals surface area contributed by atoms with E-state index < -0.39 is 11.7 Å². The first-order chi connectivity index (χ1) is 12.0. The maximum Gasteiger partial charge on any atom is 0.418 e. The van der Waals surface area contributed by atoms with E-state index in [1.807, 2.05) is 0 Å². The van der Waals surface area contributed by atoms with Gasteiger partial charge in [-0.15, -0.1) is 0 Å². The average Bonchev–Trinajstić information content (AvgIpc) is 2.61. The number of aromatic nitrogens is 3. The van der Waals surface area contributed by atoms with Crippen molar-refractivity contribution in [3.05, 3.63) is 60.4 Å². The number of nitrogens with one attached hydrogen (secondary N) is 2. The number of para-hydroxylation sites is 1. The van der Waals surface area contributed by atoms with E-state index in [1.165, 1.54) is 18.2 Å². The Balaban J connectivity index is 2.02. The summed E-state index contributed by atoms with van der Waals surface area (Å²) in [7, 11) is 1.64. The topological polar surface area (TPSA) is 62.7 Å². The molecule has 0 bridgehead atoms. The third-order valence-corrected chi connectivity index (χ3v) is 3.42. The van der Waals surface area contributed by atoms with E-state index in [1.54, 1.807) is 37.6 Å². The summed E-state index contributed by atoms with van der Waals surface area (Å²) in [6, 6.07) is 10.4. The quantitative estimate of drug-likeness (QED) is 0.736. The minimum absolute atomic E-state index is 0.0727. The van der Waals surface area contributed by atoms with Crippen LogP contribution in [0.25, 0.3) is 11.3 Å². The van der Waals surface area contributed by atoms with Crippen molar-refractivity contribution in [2.75, 3.05) is 17.7 Å². The second-order valence-electron chi connectivity index (χ2n) is 5.12. The Kier molecular flexibility index (Phi) is 4.51. The van der Waals surface area contributed by atoms with E-state index in [4.69, 9.17) is 0 Å². The van der Waals surface area contributed by atoms with E-state index in [0.29, 0.717) is 11.6 Å². The Bertz CT molecular complexity index is 866. The number of hydrogen-bond donors (Lipinski definition) is 2. The number of hydrogen-bond acceptors (Lipinski definition) is 5. The van der Waals surface area contributed by atoms with Gasteiger partial charge in [-0.1, -0.05) is 12.1 Å². The lowest BCUT2D eigenvalue weighted by Gasteiger charge is -2.15. The van der Waals surface area contributed by atoms with Gasteiger partial charge in [0.15, 0.2) is 0 Å². The lowest BCUT2D eigenvalue weighted by Crippen LogP contribution is -2.09. The molecule has 0 radical (unpaired) electrons. The van der Waals surface area contributed by atoms with Crippen molar-refractivity contribution in [1.82, 2.24) is 15.0 Å². The van der Waals surface area contributed by atoms with Crippen LogP contribution in [-0.2, 0) is 6.18 Å². The van der Waals surface area contributed by atoms with Crippen LogP contribution in [0.4, 0.5) is 30.6 Å². The number of benzene rings is 1. The van der Waals surface area contributed by atoms with Crippen molar-refractivity contribution in [3.63, 3.8) is 0 Å². The maximum absolute atomic E-state index is 13.1. The van der Waals surface area contributed by atoms with E-state index in [2.05, 4.69) is 25.6 Å². The van der Waals surface area contributed by atoms with Crippen molar-refractivity contribution in [1.29, 1.82) is 0 Å². The molecule has 0 saturated heterocycles. The number of nitrogens with zero attached hydrogens (tertiary/aromatic N) is 3. The van der Waals surface area contributed by atoms with Gasteiger partial charge < -0.3 is 10.6 Å². The third kappa shape index (κ3) is 3.85. The van der Waals surface area contributed by atoms with Crippen molar-refractivity contribution >= 4 is 17.5 Å². The standard InChI is InChI=1S/C17H14F3N5/c1-21-16-24-14(11-6-8-22-9-7-11)10-15(25-16)23-13-5-3-2-4-12(13)17(18,19)20/h2-10H,1H3,(H2,21,23,24,25). The summed E-state index contributed by atoms with van der Waals surface area (Å²) in [4.78, 5) is 12.4. The lowest BCUT2D eigenvalue weighted by atomic mass is 10.1. The fraction of sp³-hybridized carbons (Fsp3) is 0.118. The van der Waals surface area contributed by atoms with Crippen LogP contribution in [-0.4, -0.2) is 22.0 Å². The van der Waals surface area contributed by atoms with Gasteiger partial charge in [0, 0.05) is 31.1 Å². The van der Waals surface area contributed by atoms with Crippen molar-refractivity contribution < 1.29 is 13.2 Å². The van der Waals surface area contributed by atoms with Gasteiger partial charge in [0.05, 0.1) is 16.9 Å². The minimum Gasteiger partial charge on any atom is -0.357 e. The molecule has 2 N–H and O–H groups in total. The van der Waals surface area contributed by atoms with Crippen LogP contribution < -0.4 is 10.6 Å². The molecule has 0 amide bonds. The smallest absolute Gasteiger partial charge is 0.357 e. The van der Waals surface area contributed by atoms with Crippen LogP contribution in [0.5, 0.6) is 0 Å². The van der Waals surface area contributed by atoms with Crippen molar-refractivity contribution in [2.45, 2.75) is 6.18 Å². The Labute approximate surface area is 142 Å². The number of alkyl halides is 3. The van der Waals surface area contributed by atoms with Gasteiger partial charge in [0.1, 0.15) is 5.82 Å². The first-order valence-corrected chi connectivity index (χ1v) is 7.38. The molecule has 0 aliphatic carbocycles. The van der Waals surface area contributed by atoms with Gasteiger partial charge in [-0.2, -0.15) is 18.2 Å². The summed E-state index contributed by atoms with van der Waals surface area (Å²) < 4.78 is 39.4. The Morgan fingerprint density at radius 1 is 0.960 bits per heavy atom. The van der Waals surface area contributed by atoms with Crippen LogP contribution in [0, 0.1) is 0 Å². The summed E-state index contributed by atoms with van der Waals surface area (Å²) in [6.07, 6.45) is -1.23. The predicted molar refractivity (Wildman–Crippen MR) is 89.5 cm³/mol. The van der Waals surface area contributed by atoms with E-state index in [9.17, 15) is 13.2 Å². The van der Waals surface area contributed by atoms with Gasteiger partial charge >= 0.3 is 6.18 Å². The molecule has 0 spiro atoms. The number of pyridine rings is 1. The molecule has 0 atom stereocenters. The molecule has 25 heavy (non-hydrogen) atoms. The summed E-state index contributed by atoms with van der Waals surface area (Å²) in [6.45, 7) is 0. The van der Waals surface area contributed by atoms with Crippen LogP contribution in [0.3, 0.4) is 0 Å².